The average Bonchev–Trinajstić information content (AvgIpc) is 2.89. The number of hydrogen-bond donors (Lipinski definition) is 1. The van der Waals surface area contributed by atoms with Gasteiger partial charge in [0.15, 0.2) is 11.5 Å². The van der Waals surface area contributed by atoms with Gasteiger partial charge in [-0.05, 0) is 43.4 Å². The fourth-order valence-corrected chi connectivity index (χ4v) is 1.94. The molecule has 1 N–H and O–H groups in total. The summed E-state index contributed by atoms with van der Waals surface area (Å²) in [5, 5.41) is 8.43. The van der Waals surface area contributed by atoms with Crippen molar-refractivity contribution in [2.45, 2.75) is 25.7 Å². The summed E-state index contributed by atoms with van der Waals surface area (Å²) in [6.07, 6.45) is 10.9. The average molecular weight is 274 g/mol. The quantitative estimate of drug-likeness (QED) is 0.609. The summed E-state index contributed by atoms with van der Waals surface area (Å²) in [6, 6.07) is 5.88. The SMILES string of the molecule is O=C(O)/C=C/CCCC/C=C/c1ccc2c(c1)OCO2. The molecule has 0 bridgehead atoms. The number of rotatable bonds is 7. The van der Waals surface area contributed by atoms with Crippen LogP contribution < -0.4 is 9.47 Å². The van der Waals surface area contributed by atoms with Crippen molar-refractivity contribution >= 4 is 12.0 Å². The lowest BCUT2D eigenvalue weighted by atomic mass is 10.1. The van der Waals surface area contributed by atoms with E-state index in [2.05, 4.69) is 12.2 Å². The van der Waals surface area contributed by atoms with E-state index in [4.69, 9.17) is 14.6 Å². The van der Waals surface area contributed by atoms with E-state index >= 15 is 0 Å². The van der Waals surface area contributed by atoms with E-state index < -0.39 is 5.97 Å². The molecule has 0 amide bonds. The minimum absolute atomic E-state index is 0.298. The number of benzene rings is 1. The van der Waals surface area contributed by atoms with Crippen LogP contribution in [0.5, 0.6) is 11.5 Å². The van der Waals surface area contributed by atoms with Crippen LogP contribution >= 0.6 is 0 Å². The predicted molar refractivity (Wildman–Crippen MR) is 76.8 cm³/mol. The molecule has 0 aromatic heterocycles. The monoisotopic (exact) mass is 274 g/mol. The molecule has 4 nitrogen and oxygen atoms in total. The minimum Gasteiger partial charge on any atom is -0.478 e. The lowest BCUT2D eigenvalue weighted by Gasteiger charge is -1.98. The van der Waals surface area contributed by atoms with Crippen molar-refractivity contribution in [2.24, 2.45) is 0 Å². The highest BCUT2D eigenvalue weighted by atomic mass is 16.7. The maximum absolute atomic E-state index is 10.3. The Morgan fingerprint density at radius 1 is 1.15 bits per heavy atom. The van der Waals surface area contributed by atoms with Crippen LogP contribution in [-0.4, -0.2) is 17.9 Å². The van der Waals surface area contributed by atoms with E-state index in [0.29, 0.717) is 6.79 Å². The summed E-state index contributed by atoms with van der Waals surface area (Å²) in [5.41, 5.74) is 1.10. The number of hydrogen-bond acceptors (Lipinski definition) is 3. The highest BCUT2D eigenvalue weighted by Crippen LogP contribution is 2.32. The van der Waals surface area contributed by atoms with Gasteiger partial charge in [0.1, 0.15) is 0 Å². The normalized spacial score (nSPS) is 13.4. The zero-order valence-electron chi connectivity index (χ0n) is 11.2. The van der Waals surface area contributed by atoms with E-state index in [-0.39, 0.29) is 0 Å². The molecule has 1 heterocycles. The highest BCUT2D eigenvalue weighted by molar-refractivity contribution is 5.79. The van der Waals surface area contributed by atoms with Crippen LogP contribution in [-0.2, 0) is 4.79 Å². The molecular formula is C16H18O4. The molecule has 0 spiro atoms. The summed E-state index contributed by atoms with van der Waals surface area (Å²) in [5.74, 6) is 0.714. The molecule has 0 atom stereocenters. The third-order valence-electron chi connectivity index (χ3n) is 2.96. The van der Waals surface area contributed by atoms with Gasteiger partial charge in [-0.15, -0.1) is 0 Å². The summed E-state index contributed by atoms with van der Waals surface area (Å²) < 4.78 is 10.6. The molecule has 20 heavy (non-hydrogen) atoms. The first kappa shape index (κ1) is 14.2. The van der Waals surface area contributed by atoms with E-state index in [0.717, 1.165) is 42.7 Å². The lowest BCUT2D eigenvalue weighted by molar-refractivity contribution is -0.131. The molecule has 4 heteroatoms. The van der Waals surface area contributed by atoms with Crippen molar-refractivity contribution in [3.8, 4) is 11.5 Å². The lowest BCUT2D eigenvalue weighted by Crippen LogP contribution is -1.92. The smallest absolute Gasteiger partial charge is 0.327 e. The highest BCUT2D eigenvalue weighted by Gasteiger charge is 2.11. The fourth-order valence-electron chi connectivity index (χ4n) is 1.94. The first-order valence-electron chi connectivity index (χ1n) is 6.71. The summed E-state index contributed by atoms with van der Waals surface area (Å²) in [7, 11) is 0. The van der Waals surface area contributed by atoms with Crippen LogP contribution in [0.1, 0.15) is 31.2 Å². The van der Waals surface area contributed by atoms with Gasteiger partial charge < -0.3 is 14.6 Å². The fraction of sp³-hybridized carbons (Fsp3) is 0.312. The van der Waals surface area contributed by atoms with Crippen molar-refractivity contribution in [2.75, 3.05) is 6.79 Å². The Kier molecular flexibility index (Phi) is 5.24. The topological polar surface area (TPSA) is 55.8 Å². The number of allylic oxidation sites excluding steroid dienone is 2. The summed E-state index contributed by atoms with van der Waals surface area (Å²) in [4.78, 5) is 10.3. The van der Waals surface area contributed by atoms with Gasteiger partial charge in [0.05, 0.1) is 0 Å². The van der Waals surface area contributed by atoms with Gasteiger partial charge in [-0.3, -0.25) is 0 Å². The van der Waals surface area contributed by atoms with Gasteiger partial charge in [0.2, 0.25) is 6.79 Å². The Morgan fingerprint density at radius 2 is 1.90 bits per heavy atom. The van der Waals surface area contributed by atoms with Gasteiger partial charge >= 0.3 is 5.97 Å². The largest absolute Gasteiger partial charge is 0.478 e. The molecule has 0 saturated heterocycles. The molecule has 0 unspecified atom stereocenters. The Labute approximate surface area is 118 Å². The molecule has 1 aromatic rings. The standard InChI is InChI=1S/C16H18O4/c17-16(18)8-6-4-2-1-3-5-7-13-9-10-14-15(11-13)20-12-19-14/h5-11H,1-4,12H2,(H,17,18)/b7-5+,8-6+. The van der Waals surface area contributed by atoms with Gasteiger partial charge in [-0.2, -0.15) is 0 Å². The third-order valence-corrected chi connectivity index (χ3v) is 2.96. The molecule has 1 aromatic carbocycles. The molecule has 0 saturated carbocycles. The summed E-state index contributed by atoms with van der Waals surface area (Å²) >= 11 is 0. The van der Waals surface area contributed by atoms with Gasteiger partial charge in [-0.25, -0.2) is 4.79 Å². The number of unbranched alkanes of at least 4 members (excludes halogenated alkanes) is 3. The molecule has 2 rings (SSSR count). The third kappa shape index (κ3) is 4.46. The number of carboxylic acids is 1. The molecule has 106 valence electrons. The Bertz CT molecular complexity index is 517. The number of carbonyl (C=O) groups is 1. The Balaban J connectivity index is 1.67. The first-order valence-corrected chi connectivity index (χ1v) is 6.71. The minimum atomic E-state index is -0.882. The molecule has 1 aliphatic rings. The second-order valence-electron chi connectivity index (χ2n) is 4.54. The molecule has 0 aliphatic carbocycles. The summed E-state index contributed by atoms with van der Waals surface area (Å²) in [6.45, 7) is 0.298. The van der Waals surface area contributed by atoms with Crippen LogP contribution in [0.15, 0.2) is 36.4 Å². The van der Waals surface area contributed by atoms with Gasteiger partial charge in [0.25, 0.3) is 0 Å². The van der Waals surface area contributed by atoms with Crippen molar-refractivity contribution in [1.29, 1.82) is 0 Å². The second kappa shape index (κ2) is 7.38. The van der Waals surface area contributed by atoms with Crippen molar-refractivity contribution in [1.82, 2.24) is 0 Å². The van der Waals surface area contributed by atoms with Crippen LogP contribution in [0, 0.1) is 0 Å². The van der Waals surface area contributed by atoms with Gasteiger partial charge in [0, 0.05) is 6.08 Å². The Morgan fingerprint density at radius 3 is 2.70 bits per heavy atom. The van der Waals surface area contributed by atoms with E-state index in [9.17, 15) is 4.79 Å². The van der Waals surface area contributed by atoms with Crippen LogP contribution in [0.3, 0.4) is 0 Å². The number of carboxylic acid groups (broad SMARTS) is 1. The molecule has 0 radical (unpaired) electrons. The van der Waals surface area contributed by atoms with Crippen LogP contribution in [0.4, 0.5) is 0 Å². The zero-order chi connectivity index (χ0) is 14.2. The van der Waals surface area contributed by atoms with Gasteiger partial charge in [-0.1, -0.05) is 24.3 Å². The zero-order valence-corrected chi connectivity index (χ0v) is 11.2. The maximum Gasteiger partial charge on any atom is 0.327 e. The van der Waals surface area contributed by atoms with Crippen molar-refractivity contribution in [3.05, 3.63) is 42.0 Å². The van der Waals surface area contributed by atoms with Crippen molar-refractivity contribution in [3.63, 3.8) is 0 Å². The van der Waals surface area contributed by atoms with Crippen LogP contribution in [0.25, 0.3) is 6.08 Å². The van der Waals surface area contributed by atoms with Crippen LogP contribution in [0.2, 0.25) is 0 Å². The molecule has 0 fully saturated rings. The van der Waals surface area contributed by atoms with Crippen molar-refractivity contribution < 1.29 is 19.4 Å². The maximum atomic E-state index is 10.3. The number of fused-ring (bicyclic) bond motifs is 1. The molecule has 1 aliphatic heterocycles. The Hall–Kier alpha value is -2.23. The van der Waals surface area contributed by atoms with E-state index in [1.807, 2.05) is 18.2 Å². The predicted octanol–water partition coefficient (Wildman–Crippen LogP) is 3.63. The number of aliphatic carboxylic acids is 1. The molecular weight excluding hydrogens is 256 g/mol. The van der Waals surface area contributed by atoms with E-state index in [1.165, 1.54) is 6.08 Å². The second-order valence-corrected chi connectivity index (χ2v) is 4.54. The van der Waals surface area contributed by atoms with E-state index in [1.54, 1.807) is 6.08 Å². The first-order chi connectivity index (χ1) is 9.75. The number of ether oxygens (including phenoxy) is 2.